The molecule has 1 N–H and O–H groups in total. The molecule has 1 saturated heterocycles. The molecule has 7 nitrogen and oxygen atoms in total. The van der Waals surface area contributed by atoms with Crippen molar-refractivity contribution in [2.75, 3.05) is 18.5 Å². The molecule has 9 heteroatoms. The van der Waals surface area contributed by atoms with E-state index < -0.39 is 0 Å². The van der Waals surface area contributed by atoms with Crippen molar-refractivity contribution < 1.29 is 23.9 Å². The minimum atomic E-state index is -0.344. The Morgan fingerprint density at radius 3 is 2.47 bits per heavy atom. The summed E-state index contributed by atoms with van der Waals surface area (Å²) in [5.74, 6) is 0.198. The van der Waals surface area contributed by atoms with Crippen LogP contribution in [0.1, 0.15) is 18.1 Å². The van der Waals surface area contributed by atoms with Gasteiger partial charge in [-0.15, -0.1) is 0 Å². The normalized spacial score (nSPS) is 14.3. The largest absolute Gasteiger partial charge is 0.490 e. The molecule has 1 aliphatic rings. The number of nitrogens with one attached hydrogen (secondary N) is 1. The second-order valence-electron chi connectivity index (χ2n) is 7.74. The Bertz CT molecular complexity index is 1300. The SMILES string of the molecule is CCOc1cc(/C=C2\SC(=O)N(Cc3ccc(Br)cc3)C2=O)ccc1OCC(=O)Nc1ccccc1. The van der Waals surface area contributed by atoms with Crippen molar-refractivity contribution >= 4 is 56.5 Å². The van der Waals surface area contributed by atoms with Gasteiger partial charge in [0.2, 0.25) is 0 Å². The predicted octanol–water partition coefficient (Wildman–Crippen LogP) is 6.10. The molecule has 1 heterocycles. The van der Waals surface area contributed by atoms with Crippen molar-refractivity contribution in [2.24, 2.45) is 0 Å². The fourth-order valence-corrected chi connectivity index (χ4v) is 4.53. The quantitative estimate of drug-likeness (QED) is 0.315. The van der Waals surface area contributed by atoms with E-state index in [0.29, 0.717) is 34.3 Å². The van der Waals surface area contributed by atoms with Crippen molar-refractivity contribution in [3.63, 3.8) is 0 Å². The summed E-state index contributed by atoms with van der Waals surface area (Å²) in [7, 11) is 0. The fraction of sp³-hybridized carbons (Fsp3) is 0.148. The van der Waals surface area contributed by atoms with E-state index in [1.54, 1.807) is 36.4 Å². The smallest absolute Gasteiger partial charge is 0.293 e. The molecule has 0 bridgehead atoms. The van der Waals surface area contributed by atoms with Crippen LogP contribution in [0, 0.1) is 0 Å². The molecule has 0 radical (unpaired) electrons. The average Bonchev–Trinajstić information content (AvgIpc) is 3.13. The van der Waals surface area contributed by atoms with Crippen molar-refractivity contribution in [2.45, 2.75) is 13.5 Å². The minimum absolute atomic E-state index is 0.191. The van der Waals surface area contributed by atoms with E-state index in [-0.39, 0.29) is 30.2 Å². The first-order valence-corrected chi connectivity index (χ1v) is 12.8. The van der Waals surface area contributed by atoms with E-state index in [2.05, 4.69) is 21.2 Å². The van der Waals surface area contributed by atoms with Crippen LogP contribution < -0.4 is 14.8 Å². The summed E-state index contributed by atoms with van der Waals surface area (Å²) in [6.45, 7) is 2.24. The van der Waals surface area contributed by atoms with E-state index in [4.69, 9.17) is 9.47 Å². The van der Waals surface area contributed by atoms with Crippen molar-refractivity contribution in [1.29, 1.82) is 0 Å². The monoisotopic (exact) mass is 566 g/mol. The highest BCUT2D eigenvalue weighted by molar-refractivity contribution is 9.10. The maximum atomic E-state index is 12.9. The van der Waals surface area contributed by atoms with Crippen LogP contribution >= 0.6 is 27.7 Å². The highest BCUT2D eigenvalue weighted by Gasteiger charge is 2.35. The maximum absolute atomic E-state index is 12.9. The Morgan fingerprint density at radius 2 is 1.75 bits per heavy atom. The molecule has 4 rings (SSSR count). The molecule has 36 heavy (non-hydrogen) atoms. The van der Waals surface area contributed by atoms with Gasteiger partial charge in [0.25, 0.3) is 17.1 Å². The lowest BCUT2D eigenvalue weighted by Crippen LogP contribution is -2.27. The van der Waals surface area contributed by atoms with Crippen LogP contribution in [0.4, 0.5) is 10.5 Å². The first-order valence-electron chi connectivity index (χ1n) is 11.2. The topological polar surface area (TPSA) is 84.9 Å². The van der Waals surface area contributed by atoms with Gasteiger partial charge in [-0.05, 0) is 72.3 Å². The minimum Gasteiger partial charge on any atom is -0.490 e. The number of halogens is 1. The first kappa shape index (κ1) is 25.5. The van der Waals surface area contributed by atoms with E-state index in [0.717, 1.165) is 21.8 Å². The summed E-state index contributed by atoms with van der Waals surface area (Å²) < 4.78 is 12.3. The highest BCUT2D eigenvalue weighted by atomic mass is 79.9. The molecule has 3 aromatic rings. The lowest BCUT2D eigenvalue weighted by Gasteiger charge is -2.13. The number of rotatable bonds is 9. The number of ether oxygens (including phenoxy) is 2. The van der Waals surface area contributed by atoms with Gasteiger partial charge in [0.15, 0.2) is 18.1 Å². The Hall–Kier alpha value is -3.56. The second-order valence-corrected chi connectivity index (χ2v) is 9.65. The van der Waals surface area contributed by atoms with Gasteiger partial charge in [0, 0.05) is 10.2 Å². The van der Waals surface area contributed by atoms with Crippen LogP contribution in [0.25, 0.3) is 6.08 Å². The first-order chi connectivity index (χ1) is 17.4. The number of amides is 3. The number of carbonyl (C=O) groups is 3. The third kappa shape index (κ3) is 6.56. The molecule has 3 amide bonds. The zero-order valence-corrected chi connectivity index (χ0v) is 21.8. The molecule has 3 aromatic carbocycles. The molecule has 0 spiro atoms. The Kier molecular flexibility index (Phi) is 8.45. The van der Waals surface area contributed by atoms with Crippen molar-refractivity contribution in [3.8, 4) is 11.5 Å². The number of thioether (sulfide) groups is 1. The third-order valence-electron chi connectivity index (χ3n) is 5.11. The summed E-state index contributed by atoms with van der Waals surface area (Å²) in [6, 6.07) is 21.7. The van der Waals surface area contributed by atoms with Gasteiger partial charge in [-0.2, -0.15) is 0 Å². The number of hydrogen-bond acceptors (Lipinski definition) is 6. The third-order valence-corrected chi connectivity index (χ3v) is 6.55. The number of imide groups is 1. The maximum Gasteiger partial charge on any atom is 0.293 e. The lowest BCUT2D eigenvalue weighted by molar-refractivity contribution is -0.123. The van der Waals surface area contributed by atoms with Crippen LogP contribution in [0.2, 0.25) is 0 Å². The van der Waals surface area contributed by atoms with Crippen LogP contribution in [-0.4, -0.2) is 35.2 Å². The van der Waals surface area contributed by atoms with Gasteiger partial charge < -0.3 is 14.8 Å². The summed E-state index contributed by atoms with van der Waals surface area (Å²) >= 11 is 4.28. The molecule has 1 fully saturated rings. The summed E-state index contributed by atoms with van der Waals surface area (Å²) in [6.07, 6.45) is 1.65. The molecule has 184 valence electrons. The van der Waals surface area contributed by atoms with Crippen LogP contribution in [0.3, 0.4) is 0 Å². The molecule has 1 aliphatic heterocycles. The molecule has 0 unspecified atom stereocenters. The van der Waals surface area contributed by atoms with Gasteiger partial charge >= 0.3 is 0 Å². The van der Waals surface area contributed by atoms with Gasteiger partial charge in [-0.3, -0.25) is 19.3 Å². The number of carbonyl (C=O) groups excluding carboxylic acids is 3. The zero-order valence-electron chi connectivity index (χ0n) is 19.4. The molecular weight excluding hydrogens is 544 g/mol. The summed E-state index contributed by atoms with van der Waals surface area (Å²) in [5.41, 5.74) is 2.22. The molecule has 0 aliphatic carbocycles. The van der Waals surface area contributed by atoms with Gasteiger partial charge in [0.1, 0.15) is 0 Å². The molecular formula is C27H23BrN2O5S. The number of anilines is 1. The van der Waals surface area contributed by atoms with Gasteiger partial charge in [-0.25, -0.2) is 0 Å². The van der Waals surface area contributed by atoms with E-state index in [9.17, 15) is 14.4 Å². The zero-order chi connectivity index (χ0) is 25.5. The predicted molar refractivity (Wildman–Crippen MR) is 144 cm³/mol. The highest BCUT2D eigenvalue weighted by Crippen LogP contribution is 2.35. The molecule has 0 atom stereocenters. The summed E-state index contributed by atoms with van der Waals surface area (Å²) in [4.78, 5) is 39.2. The number of para-hydroxylation sites is 1. The van der Waals surface area contributed by atoms with Crippen molar-refractivity contribution in [3.05, 3.63) is 93.3 Å². The number of nitrogens with zero attached hydrogens (tertiary/aromatic N) is 1. The standard InChI is InChI=1S/C27H23BrN2O5S/c1-2-34-23-14-19(10-13-22(23)35-17-25(31)29-21-6-4-3-5-7-21)15-24-26(32)30(27(33)36-24)16-18-8-11-20(28)12-9-18/h3-15H,2,16-17H2,1H3,(H,29,31)/b24-15-. The van der Waals surface area contributed by atoms with Crippen molar-refractivity contribution in [1.82, 2.24) is 4.90 Å². The van der Waals surface area contributed by atoms with Gasteiger partial charge in [-0.1, -0.05) is 52.3 Å². The average molecular weight is 567 g/mol. The molecule has 0 saturated carbocycles. The molecule has 0 aromatic heterocycles. The number of hydrogen-bond donors (Lipinski definition) is 1. The fourth-order valence-electron chi connectivity index (χ4n) is 3.42. The van der Waals surface area contributed by atoms with E-state index in [1.165, 1.54) is 4.90 Å². The van der Waals surface area contributed by atoms with E-state index in [1.807, 2.05) is 49.4 Å². The second kappa shape index (κ2) is 11.9. The summed E-state index contributed by atoms with van der Waals surface area (Å²) in [5, 5.41) is 2.45. The van der Waals surface area contributed by atoms with E-state index >= 15 is 0 Å². The Balaban J connectivity index is 1.44. The van der Waals surface area contributed by atoms with Crippen LogP contribution in [-0.2, 0) is 16.1 Å². The lowest BCUT2D eigenvalue weighted by atomic mass is 10.1. The van der Waals surface area contributed by atoms with Crippen LogP contribution in [0.5, 0.6) is 11.5 Å². The Labute approximate surface area is 221 Å². The Morgan fingerprint density at radius 1 is 1.00 bits per heavy atom. The number of benzene rings is 3. The van der Waals surface area contributed by atoms with Gasteiger partial charge in [0.05, 0.1) is 18.1 Å². The van der Waals surface area contributed by atoms with Crippen LogP contribution in [0.15, 0.2) is 82.2 Å².